The molecule has 4 rings (SSSR count). The van der Waals surface area contributed by atoms with Gasteiger partial charge in [-0.3, -0.25) is 4.79 Å². The van der Waals surface area contributed by atoms with Gasteiger partial charge in [-0.2, -0.15) is 9.50 Å². The highest BCUT2D eigenvalue weighted by atomic mass is 32.1. The first-order valence-corrected chi connectivity index (χ1v) is 10.4. The molecule has 4 aromatic rings. The smallest absolute Gasteiger partial charge is 0.291 e. The molecule has 0 fully saturated rings. The van der Waals surface area contributed by atoms with Gasteiger partial charge in [0.15, 0.2) is 17.3 Å². The van der Waals surface area contributed by atoms with Gasteiger partial charge in [-0.1, -0.05) is 23.5 Å². The third-order valence-electron chi connectivity index (χ3n) is 4.76. The van der Waals surface area contributed by atoms with Crippen molar-refractivity contribution in [3.8, 4) is 23.0 Å². The Morgan fingerprint density at radius 2 is 1.66 bits per heavy atom. The monoisotopic (exact) mass is 451 g/mol. The quantitative estimate of drug-likeness (QED) is 0.427. The highest BCUT2D eigenvalue weighted by Gasteiger charge is 2.11. The minimum Gasteiger partial charge on any atom is -0.497 e. The maximum absolute atomic E-state index is 12.8. The highest BCUT2D eigenvalue weighted by Crippen LogP contribution is 2.28. The summed E-state index contributed by atoms with van der Waals surface area (Å²) in [7, 11) is 6.34. The second kappa shape index (κ2) is 9.11. The van der Waals surface area contributed by atoms with Crippen molar-refractivity contribution in [1.82, 2.24) is 14.6 Å². The Kier molecular flexibility index (Phi) is 6.09. The summed E-state index contributed by atoms with van der Waals surface area (Å²) >= 11 is 1.27. The number of benzene rings is 2. The molecule has 0 spiro atoms. The normalized spacial score (nSPS) is 11.9. The molecule has 0 saturated heterocycles. The third-order valence-corrected chi connectivity index (χ3v) is 5.72. The standard InChI is InChI=1S/C23H21N3O5S/c1-28-16-8-7-15(18(13-16)30-3)12-20-22(27)26-23(32-20)24-21(25-26)10-6-14-5-9-17(29-2)19(11-14)31-4/h5-13H,1-4H3/b10-6+,20-12+. The molecule has 0 aliphatic carbocycles. The van der Waals surface area contributed by atoms with E-state index in [-0.39, 0.29) is 5.56 Å². The van der Waals surface area contributed by atoms with Crippen molar-refractivity contribution in [2.45, 2.75) is 0 Å². The van der Waals surface area contributed by atoms with Crippen LogP contribution in [-0.4, -0.2) is 43.0 Å². The van der Waals surface area contributed by atoms with Crippen LogP contribution in [0.5, 0.6) is 23.0 Å². The van der Waals surface area contributed by atoms with Gasteiger partial charge in [0.2, 0.25) is 4.96 Å². The molecule has 0 N–H and O–H groups in total. The van der Waals surface area contributed by atoms with Gasteiger partial charge >= 0.3 is 0 Å². The average Bonchev–Trinajstić information content (AvgIpc) is 3.36. The minimum atomic E-state index is -0.235. The van der Waals surface area contributed by atoms with E-state index in [1.54, 1.807) is 46.7 Å². The molecule has 2 heterocycles. The maximum atomic E-state index is 12.8. The van der Waals surface area contributed by atoms with Gasteiger partial charge in [0.1, 0.15) is 11.5 Å². The summed E-state index contributed by atoms with van der Waals surface area (Å²) in [5.74, 6) is 3.01. The van der Waals surface area contributed by atoms with Crippen molar-refractivity contribution in [3.63, 3.8) is 0 Å². The van der Waals surface area contributed by atoms with E-state index in [9.17, 15) is 4.79 Å². The zero-order valence-corrected chi connectivity index (χ0v) is 18.8. The molecule has 164 valence electrons. The van der Waals surface area contributed by atoms with Crippen LogP contribution in [0.4, 0.5) is 0 Å². The van der Waals surface area contributed by atoms with Crippen LogP contribution < -0.4 is 29.0 Å². The first-order valence-electron chi connectivity index (χ1n) is 9.59. The number of hydrogen-bond donors (Lipinski definition) is 0. The third kappa shape index (κ3) is 4.15. The lowest BCUT2D eigenvalue weighted by Gasteiger charge is -2.07. The first-order chi connectivity index (χ1) is 15.6. The van der Waals surface area contributed by atoms with Crippen molar-refractivity contribution < 1.29 is 18.9 Å². The molecule has 2 aromatic heterocycles. The van der Waals surface area contributed by atoms with E-state index >= 15 is 0 Å². The van der Waals surface area contributed by atoms with E-state index in [0.717, 1.165) is 11.1 Å². The molecule has 2 aromatic carbocycles. The molecule has 0 saturated carbocycles. The fourth-order valence-electron chi connectivity index (χ4n) is 3.13. The predicted octanol–water partition coefficient (Wildman–Crippen LogP) is 2.90. The zero-order chi connectivity index (χ0) is 22.7. The maximum Gasteiger partial charge on any atom is 0.291 e. The number of thiazole rings is 1. The number of rotatable bonds is 7. The van der Waals surface area contributed by atoms with Gasteiger partial charge in [0.05, 0.1) is 33.0 Å². The Balaban J connectivity index is 1.65. The van der Waals surface area contributed by atoms with Crippen molar-refractivity contribution >= 4 is 34.5 Å². The van der Waals surface area contributed by atoms with Crippen LogP contribution in [0.2, 0.25) is 0 Å². The van der Waals surface area contributed by atoms with Gasteiger partial charge in [0.25, 0.3) is 5.56 Å². The van der Waals surface area contributed by atoms with Gasteiger partial charge < -0.3 is 18.9 Å². The van der Waals surface area contributed by atoms with Crippen LogP contribution in [0.3, 0.4) is 0 Å². The Hall–Kier alpha value is -3.85. The molecule has 0 aliphatic rings. The molecule has 8 nitrogen and oxygen atoms in total. The largest absolute Gasteiger partial charge is 0.497 e. The van der Waals surface area contributed by atoms with E-state index in [2.05, 4.69) is 10.1 Å². The molecule has 32 heavy (non-hydrogen) atoms. The van der Waals surface area contributed by atoms with Crippen LogP contribution in [0.15, 0.2) is 41.2 Å². The van der Waals surface area contributed by atoms with E-state index < -0.39 is 0 Å². The van der Waals surface area contributed by atoms with Gasteiger partial charge in [-0.15, -0.1) is 5.10 Å². The summed E-state index contributed by atoms with van der Waals surface area (Å²) in [5, 5.41) is 4.33. The number of methoxy groups -OCH3 is 4. The van der Waals surface area contributed by atoms with Crippen molar-refractivity contribution in [2.75, 3.05) is 28.4 Å². The number of ether oxygens (including phenoxy) is 4. The van der Waals surface area contributed by atoms with Crippen molar-refractivity contribution in [1.29, 1.82) is 0 Å². The molecule has 0 bridgehead atoms. The summed E-state index contributed by atoms with van der Waals surface area (Å²) in [6, 6.07) is 11.0. The molecule has 0 amide bonds. The summed E-state index contributed by atoms with van der Waals surface area (Å²) < 4.78 is 23.0. The Morgan fingerprint density at radius 3 is 2.34 bits per heavy atom. The van der Waals surface area contributed by atoms with Crippen LogP contribution in [-0.2, 0) is 0 Å². The predicted molar refractivity (Wildman–Crippen MR) is 124 cm³/mol. The van der Waals surface area contributed by atoms with Crippen LogP contribution in [0.25, 0.3) is 23.2 Å². The molecule has 0 unspecified atom stereocenters. The number of hydrogen-bond acceptors (Lipinski definition) is 8. The van der Waals surface area contributed by atoms with Gasteiger partial charge in [0, 0.05) is 11.6 Å². The van der Waals surface area contributed by atoms with Crippen molar-refractivity contribution in [3.05, 3.63) is 68.2 Å². The SMILES string of the molecule is COc1ccc(/C=c2/sc3nc(/C=C/c4ccc(OC)c(OC)c4)nn3c2=O)c(OC)c1. The molecule has 0 atom stereocenters. The molecular weight excluding hydrogens is 430 g/mol. The molecular formula is C23H21N3O5S. The van der Waals surface area contributed by atoms with E-state index in [1.807, 2.05) is 36.4 Å². The molecule has 0 radical (unpaired) electrons. The number of nitrogens with zero attached hydrogens (tertiary/aromatic N) is 3. The van der Waals surface area contributed by atoms with Crippen molar-refractivity contribution in [2.24, 2.45) is 0 Å². The van der Waals surface area contributed by atoms with Crippen LogP contribution in [0, 0.1) is 0 Å². The van der Waals surface area contributed by atoms with Gasteiger partial charge in [-0.25, -0.2) is 0 Å². The topological polar surface area (TPSA) is 84.2 Å². The average molecular weight is 452 g/mol. The fraction of sp³-hybridized carbons (Fsp3) is 0.174. The summed E-state index contributed by atoms with van der Waals surface area (Å²) in [6.45, 7) is 0. The highest BCUT2D eigenvalue weighted by molar-refractivity contribution is 7.15. The van der Waals surface area contributed by atoms with Crippen LogP contribution >= 0.6 is 11.3 Å². The Bertz CT molecular complexity index is 1410. The van der Waals surface area contributed by atoms with E-state index in [4.69, 9.17) is 18.9 Å². The molecule has 0 aliphatic heterocycles. The fourth-order valence-corrected chi connectivity index (χ4v) is 4.03. The second-order valence-corrected chi connectivity index (χ2v) is 7.64. The Morgan fingerprint density at radius 1 is 0.875 bits per heavy atom. The van der Waals surface area contributed by atoms with Crippen LogP contribution in [0.1, 0.15) is 17.0 Å². The number of fused-ring (bicyclic) bond motifs is 1. The minimum absolute atomic E-state index is 0.235. The lowest BCUT2D eigenvalue weighted by molar-refractivity contribution is 0.355. The first kappa shape index (κ1) is 21.4. The number of aromatic nitrogens is 3. The van der Waals surface area contributed by atoms with Gasteiger partial charge in [-0.05, 0) is 42.0 Å². The Labute approximate surface area is 188 Å². The summed E-state index contributed by atoms with van der Waals surface area (Å²) in [5.41, 5.74) is 1.42. The van der Waals surface area contributed by atoms with E-state index in [1.165, 1.54) is 15.9 Å². The van der Waals surface area contributed by atoms with E-state index in [0.29, 0.717) is 38.3 Å². The lowest BCUT2D eigenvalue weighted by atomic mass is 10.2. The summed E-state index contributed by atoms with van der Waals surface area (Å²) in [6.07, 6.45) is 5.36. The zero-order valence-electron chi connectivity index (χ0n) is 18.0. The molecule has 9 heteroatoms. The summed E-state index contributed by atoms with van der Waals surface area (Å²) in [4.78, 5) is 17.8. The lowest BCUT2D eigenvalue weighted by Crippen LogP contribution is -2.23. The second-order valence-electron chi connectivity index (χ2n) is 6.64.